The molecule has 2 rings (SSSR count). The molecule has 0 aliphatic carbocycles. The highest BCUT2D eigenvalue weighted by atomic mass is 16.5. The van der Waals surface area contributed by atoms with Gasteiger partial charge in [-0.15, -0.1) is 0 Å². The summed E-state index contributed by atoms with van der Waals surface area (Å²) in [6.07, 6.45) is 1.60. The summed E-state index contributed by atoms with van der Waals surface area (Å²) in [7, 11) is 0. The van der Waals surface area contributed by atoms with Gasteiger partial charge in [-0.05, 0) is 24.5 Å². The third-order valence-electron chi connectivity index (χ3n) is 3.10. The van der Waals surface area contributed by atoms with Crippen LogP contribution in [0.25, 0.3) is 0 Å². The summed E-state index contributed by atoms with van der Waals surface area (Å²) in [5.41, 5.74) is 0. The van der Waals surface area contributed by atoms with Crippen LogP contribution in [0.4, 0.5) is 0 Å². The van der Waals surface area contributed by atoms with Crippen LogP contribution in [0.1, 0.15) is 19.8 Å². The van der Waals surface area contributed by atoms with Crippen molar-refractivity contribution in [2.75, 3.05) is 19.7 Å². The molecule has 3 nitrogen and oxygen atoms in total. The van der Waals surface area contributed by atoms with E-state index in [9.17, 15) is 4.79 Å². The van der Waals surface area contributed by atoms with Gasteiger partial charge in [0.1, 0.15) is 5.75 Å². The Hall–Kier alpha value is -1.51. The van der Waals surface area contributed by atoms with Gasteiger partial charge < -0.3 is 9.64 Å². The molecular formula is C14H19NO2. The second-order valence-electron chi connectivity index (χ2n) is 4.65. The van der Waals surface area contributed by atoms with Gasteiger partial charge in [-0.25, -0.2) is 0 Å². The summed E-state index contributed by atoms with van der Waals surface area (Å²) in [5, 5.41) is 0. The Morgan fingerprint density at radius 3 is 2.82 bits per heavy atom. The van der Waals surface area contributed by atoms with Crippen molar-refractivity contribution in [1.82, 2.24) is 4.90 Å². The minimum Gasteiger partial charge on any atom is -0.493 e. The molecule has 0 N–H and O–H groups in total. The Morgan fingerprint density at radius 1 is 1.41 bits per heavy atom. The minimum atomic E-state index is 0.213. The molecule has 92 valence electrons. The molecule has 1 atom stereocenters. The number of likely N-dealkylation sites (tertiary alicyclic amines) is 1. The smallest absolute Gasteiger partial charge is 0.226 e. The fraction of sp³-hybridized carbons (Fsp3) is 0.500. The first-order valence-electron chi connectivity index (χ1n) is 6.21. The molecular weight excluding hydrogens is 214 g/mol. The molecule has 0 bridgehead atoms. The maximum atomic E-state index is 11.8. The van der Waals surface area contributed by atoms with E-state index in [1.807, 2.05) is 35.2 Å². The number of ether oxygens (including phenoxy) is 1. The zero-order chi connectivity index (χ0) is 12.1. The van der Waals surface area contributed by atoms with Crippen molar-refractivity contribution >= 4 is 5.91 Å². The van der Waals surface area contributed by atoms with Crippen molar-refractivity contribution in [2.24, 2.45) is 5.92 Å². The monoisotopic (exact) mass is 233 g/mol. The number of hydrogen-bond acceptors (Lipinski definition) is 2. The lowest BCUT2D eigenvalue weighted by molar-refractivity contribution is -0.130. The standard InChI is InChI=1S/C14H19NO2/c1-12-7-9-15(11-12)14(16)8-10-17-13-5-3-2-4-6-13/h2-6,12H,7-11H2,1H3. The van der Waals surface area contributed by atoms with E-state index in [0.29, 0.717) is 18.9 Å². The van der Waals surface area contributed by atoms with Crippen LogP contribution in [0.15, 0.2) is 30.3 Å². The van der Waals surface area contributed by atoms with Crippen molar-refractivity contribution in [1.29, 1.82) is 0 Å². The SMILES string of the molecule is CC1CCN(C(=O)CCOc2ccccc2)C1. The van der Waals surface area contributed by atoms with Gasteiger partial charge in [0.05, 0.1) is 13.0 Å². The first kappa shape index (κ1) is 12.0. The topological polar surface area (TPSA) is 29.5 Å². The maximum absolute atomic E-state index is 11.8. The number of nitrogens with zero attached hydrogens (tertiary/aromatic N) is 1. The van der Waals surface area contributed by atoms with Crippen molar-refractivity contribution < 1.29 is 9.53 Å². The predicted octanol–water partition coefficient (Wildman–Crippen LogP) is 2.32. The lowest BCUT2D eigenvalue weighted by Crippen LogP contribution is -2.29. The Morgan fingerprint density at radius 2 is 2.18 bits per heavy atom. The van der Waals surface area contributed by atoms with Crippen LogP contribution in [-0.2, 0) is 4.79 Å². The molecule has 3 heteroatoms. The second kappa shape index (κ2) is 5.71. The quantitative estimate of drug-likeness (QED) is 0.798. The van der Waals surface area contributed by atoms with Gasteiger partial charge in [0, 0.05) is 13.1 Å². The Bertz CT molecular complexity index is 364. The van der Waals surface area contributed by atoms with Crippen molar-refractivity contribution in [3.8, 4) is 5.75 Å². The van der Waals surface area contributed by atoms with Gasteiger partial charge >= 0.3 is 0 Å². The van der Waals surface area contributed by atoms with Gasteiger partial charge in [-0.3, -0.25) is 4.79 Å². The summed E-state index contributed by atoms with van der Waals surface area (Å²) < 4.78 is 5.52. The summed E-state index contributed by atoms with van der Waals surface area (Å²) in [6.45, 7) is 4.47. The van der Waals surface area contributed by atoms with Gasteiger partial charge in [0.2, 0.25) is 5.91 Å². The molecule has 0 radical (unpaired) electrons. The van der Waals surface area contributed by atoms with E-state index >= 15 is 0 Å². The molecule has 1 aliphatic heterocycles. The second-order valence-corrected chi connectivity index (χ2v) is 4.65. The van der Waals surface area contributed by atoms with E-state index in [1.54, 1.807) is 0 Å². The molecule has 1 unspecified atom stereocenters. The average molecular weight is 233 g/mol. The molecule has 17 heavy (non-hydrogen) atoms. The predicted molar refractivity (Wildman–Crippen MR) is 66.9 cm³/mol. The molecule has 1 saturated heterocycles. The summed E-state index contributed by atoms with van der Waals surface area (Å²) in [4.78, 5) is 13.8. The lowest BCUT2D eigenvalue weighted by Gasteiger charge is -2.15. The van der Waals surface area contributed by atoms with E-state index in [0.717, 1.165) is 25.3 Å². The zero-order valence-electron chi connectivity index (χ0n) is 10.3. The largest absolute Gasteiger partial charge is 0.493 e. The Balaban J connectivity index is 1.70. The van der Waals surface area contributed by atoms with E-state index in [-0.39, 0.29) is 5.91 Å². The molecule has 1 aliphatic rings. The molecule has 1 amide bonds. The molecule has 0 saturated carbocycles. The van der Waals surface area contributed by atoms with Crippen LogP contribution >= 0.6 is 0 Å². The highest BCUT2D eigenvalue weighted by Crippen LogP contribution is 2.16. The normalized spacial score (nSPS) is 19.4. The van der Waals surface area contributed by atoms with Crippen LogP contribution in [0.5, 0.6) is 5.75 Å². The highest BCUT2D eigenvalue weighted by molar-refractivity contribution is 5.76. The first-order chi connectivity index (χ1) is 8.25. The Labute approximate surface area is 102 Å². The minimum absolute atomic E-state index is 0.213. The average Bonchev–Trinajstić information content (AvgIpc) is 2.77. The number of benzene rings is 1. The highest BCUT2D eigenvalue weighted by Gasteiger charge is 2.22. The first-order valence-corrected chi connectivity index (χ1v) is 6.21. The number of carbonyl (C=O) groups is 1. The van der Waals surface area contributed by atoms with E-state index < -0.39 is 0 Å². The van der Waals surface area contributed by atoms with Gasteiger partial charge in [0.15, 0.2) is 0 Å². The van der Waals surface area contributed by atoms with Gasteiger partial charge in [0.25, 0.3) is 0 Å². The Kier molecular flexibility index (Phi) is 4.02. The van der Waals surface area contributed by atoms with Gasteiger partial charge in [-0.1, -0.05) is 25.1 Å². The van der Waals surface area contributed by atoms with Crippen molar-refractivity contribution in [3.63, 3.8) is 0 Å². The van der Waals surface area contributed by atoms with Crippen LogP contribution in [-0.4, -0.2) is 30.5 Å². The molecule has 0 spiro atoms. The third kappa shape index (κ3) is 3.48. The number of carbonyl (C=O) groups excluding carboxylic acids is 1. The molecule has 1 fully saturated rings. The molecule has 1 heterocycles. The third-order valence-corrected chi connectivity index (χ3v) is 3.10. The number of amides is 1. The van der Waals surface area contributed by atoms with E-state index in [1.165, 1.54) is 0 Å². The molecule has 0 aromatic heterocycles. The fourth-order valence-electron chi connectivity index (χ4n) is 2.09. The van der Waals surface area contributed by atoms with E-state index in [4.69, 9.17) is 4.74 Å². The molecule has 1 aromatic rings. The van der Waals surface area contributed by atoms with Crippen LogP contribution < -0.4 is 4.74 Å². The number of rotatable bonds is 4. The van der Waals surface area contributed by atoms with Crippen molar-refractivity contribution in [2.45, 2.75) is 19.8 Å². The lowest BCUT2D eigenvalue weighted by atomic mass is 10.2. The van der Waals surface area contributed by atoms with Crippen LogP contribution in [0.3, 0.4) is 0 Å². The zero-order valence-corrected chi connectivity index (χ0v) is 10.3. The summed E-state index contributed by atoms with van der Waals surface area (Å²) >= 11 is 0. The van der Waals surface area contributed by atoms with Crippen molar-refractivity contribution in [3.05, 3.63) is 30.3 Å². The van der Waals surface area contributed by atoms with Crippen LogP contribution in [0.2, 0.25) is 0 Å². The number of hydrogen-bond donors (Lipinski definition) is 0. The van der Waals surface area contributed by atoms with Gasteiger partial charge in [-0.2, -0.15) is 0 Å². The summed E-state index contributed by atoms with van der Waals surface area (Å²) in [6, 6.07) is 9.62. The summed E-state index contributed by atoms with van der Waals surface area (Å²) in [5.74, 6) is 1.69. The van der Waals surface area contributed by atoms with Crippen LogP contribution in [0, 0.1) is 5.92 Å². The van der Waals surface area contributed by atoms with E-state index in [2.05, 4.69) is 6.92 Å². The molecule has 1 aromatic carbocycles. The maximum Gasteiger partial charge on any atom is 0.226 e. The fourth-order valence-corrected chi connectivity index (χ4v) is 2.09. The number of para-hydroxylation sites is 1.